The van der Waals surface area contributed by atoms with Gasteiger partial charge in [-0.25, -0.2) is 0 Å². The van der Waals surface area contributed by atoms with Gasteiger partial charge in [-0.15, -0.1) is 11.6 Å². The fourth-order valence-electron chi connectivity index (χ4n) is 5.66. The summed E-state index contributed by atoms with van der Waals surface area (Å²) in [5.41, 5.74) is 5.08. The van der Waals surface area contributed by atoms with Crippen molar-refractivity contribution in [1.29, 1.82) is 0 Å². The largest absolute Gasteiger partial charge is 0.389 e. The summed E-state index contributed by atoms with van der Waals surface area (Å²) in [6.45, 7) is 0. The second-order valence-corrected chi connectivity index (χ2v) is 8.25. The van der Waals surface area contributed by atoms with Gasteiger partial charge in [0.1, 0.15) is 6.04 Å². The molecular weight excluding hydrogens is 270 g/mol. The zero-order valence-electron chi connectivity index (χ0n) is 11.8. The number of rotatable bonds is 2. The molecule has 4 bridgehead atoms. The molecule has 0 heterocycles. The van der Waals surface area contributed by atoms with Gasteiger partial charge in [-0.1, -0.05) is 30.3 Å². The van der Waals surface area contributed by atoms with E-state index in [-0.39, 0.29) is 16.8 Å². The summed E-state index contributed by atoms with van der Waals surface area (Å²) in [6, 6.07) is 10.6. The average Bonchev–Trinajstić information content (AvgIpc) is 2.36. The Balaban J connectivity index is 1.69. The molecule has 6 atom stereocenters. The Hall–Kier alpha value is -0.570. The number of hydrogen-bond donors (Lipinski definition) is 2. The van der Waals surface area contributed by atoms with E-state index in [1.54, 1.807) is 0 Å². The molecule has 4 aliphatic carbocycles. The summed E-state index contributed by atoms with van der Waals surface area (Å²) < 4.78 is 0. The first-order chi connectivity index (χ1) is 9.49. The maximum atomic E-state index is 11.2. The minimum absolute atomic E-state index is 0.131. The third kappa shape index (κ3) is 1.85. The first kappa shape index (κ1) is 13.1. The molecule has 1 unspecified atom stereocenters. The summed E-state index contributed by atoms with van der Waals surface area (Å²) in [5.74, 6) is 1.44. The van der Waals surface area contributed by atoms with Crippen LogP contribution >= 0.6 is 11.6 Å². The minimum atomic E-state index is -0.589. The Labute approximate surface area is 125 Å². The van der Waals surface area contributed by atoms with E-state index in [4.69, 9.17) is 11.6 Å². The van der Waals surface area contributed by atoms with Crippen molar-refractivity contribution in [2.24, 2.45) is 17.8 Å². The van der Waals surface area contributed by atoms with Crippen LogP contribution < -0.4 is 5.73 Å². The molecule has 0 aromatic heterocycles. The molecule has 1 aromatic carbocycles. The van der Waals surface area contributed by atoms with Gasteiger partial charge in [0.2, 0.25) is 0 Å². The molecule has 4 aliphatic rings. The van der Waals surface area contributed by atoms with Gasteiger partial charge in [0.05, 0.1) is 5.60 Å². The molecule has 0 aliphatic heterocycles. The van der Waals surface area contributed by atoms with E-state index in [1.807, 2.05) is 6.07 Å². The lowest BCUT2D eigenvalue weighted by molar-refractivity contribution is -0.459. The van der Waals surface area contributed by atoms with Crippen LogP contribution in [0, 0.1) is 17.8 Å². The fraction of sp³-hybridized carbons (Fsp3) is 0.647. The quantitative estimate of drug-likeness (QED) is 0.809. The lowest BCUT2D eigenvalue weighted by atomic mass is 9.48. The van der Waals surface area contributed by atoms with Crippen LogP contribution in [0.4, 0.5) is 0 Å². The van der Waals surface area contributed by atoms with E-state index >= 15 is 0 Å². The van der Waals surface area contributed by atoms with Gasteiger partial charge in [0.15, 0.2) is 0 Å². The lowest BCUT2D eigenvalue weighted by Crippen LogP contribution is -2.70. The van der Waals surface area contributed by atoms with Crippen LogP contribution in [0.2, 0.25) is 0 Å². The molecule has 4 saturated carbocycles. The van der Waals surface area contributed by atoms with Crippen LogP contribution in [0.5, 0.6) is 0 Å². The molecule has 0 amide bonds. The highest BCUT2D eigenvalue weighted by Gasteiger charge is 2.63. The predicted octanol–water partition coefficient (Wildman–Crippen LogP) is 2.52. The van der Waals surface area contributed by atoms with Crippen LogP contribution in [0.3, 0.4) is 0 Å². The Morgan fingerprint density at radius 3 is 2.60 bits per heavy atom. The van der Waals surface area contributed by atoms with Crippen molar-refractivity contribution >= 4 is 11.6 Å². The van der Waals surface area contributed by atoms with Crippen molar-refractivity contribution in [2.45, 2.75) is 48.6 Å². The lowest BCUT2D eigenvalue weighted by Gasteiger charge is -2.62. The molecule has 1 aromatic rings. The normalized spacial score (nSPS) is 47.5. The molecule has 0 radical (unpaired) electrons. The van der Waals surface area contributed by atoms with E-state index in [1.165, 1.54) is 12.0 Å². The highest BCUT2D eigenvalue weighted by molar-refractivity contribution is 6.24. The molecular formula is C17H23ClNO+. The molecule has 20 heavy (non-hydrogen) atoms. The number of quaternary nitrogens is 1. The van der Waals surface area contributed by atoms with Gasteiger partial charge >= 0.3 is 0 Å². The van der Waals surface area contributed by atoms with Crippen molar-refractivity contribution in [2.75, 3.05) is 0 Å². The summed E-state index contributed by atoms with van der Waals surface area (Å²) in [7, 11) is 0. The molecule has 5 rings (SSSR count). The zero-order chi connectivity index (χ0) is 14.0. The molecule has 0 saturated heterocycles. The van der Waals surface area contributed by atoms with E-state index < -0.39 is 5.60 Å². The monoisotopic (exact) mass is 292 g/mol. The Morgan fingerprint density at radius 1 is 1.20 bits per heavy atom. The molecule has 4 N–H and O–H groups in total. The molecule has 108 valence electrons. The van der Waals surface area contributed by atoms with Crippen molar-refractivity contribution in [3.05, 3.63) is 35.9 Å². The van der Waals surface area contributed by atoms with Gasteiger partial charge in [0.25, 0.3) is 0 Å². The summed E-state index contributed by atoms with van der Waals surface area (Å²) in [6.07, 6.45) is 5.10. The van der Waals surface area contributed by atoms with E-state index in [0.29, 0.717) is 11.8 Å². The highest BCUT2D eigenvalue weighted by atomic mass is 35.5. The van der Waals surface area contributed by atoms with Crippen molar-refractivity contribution in [3.8, 4) is 0 Å². The van der Waals surface area contributed by atoms with E-state index in [9.17, 15) is 5.11 Å². The van der Waals surface area contributed by atoms with Crippen LogP contribution in [0.1, 0.15) is 43.7 Å². The van der Waals surface area contributed by atoms with Gasteiger partial charge in [0, 0.05) is 16.4 Å². The Kier molecular flexibility index (Phi) is 2.77. The second-order valence-electron chi connectivity index (χ2n) is 7.45. The van der Waals surface area contributed by atoms with Gasteiger partial charge in [-0.2, -0.15) is 0 Å². The predicted molar refractivity (Wildman–Crippen MR) is 79.2 cm³/mol. The second kappa shape index (κ2) is 4.22. The third-order valence-electron chi connectivity index (χ3n) is 5.97. The van der Waals surface area contributed by atoms with Crippen LogP contribution in [0.25, 0.3) is 0 Å². The molecule has 4 fully saturated rings. The summed E-state index contributed by atoms with van der Waals surface area (Å²) in [5, 5.41) is 11.2. The third-order valence-corrected chi connectivity index (χ3v) is 6.42. The first-order valence-corrected chi connectivity index (χ1v) is 8.16. The standard InChI is InChI=1S/C17H22ClNO/c18-16-7-11-6-13(9-16)14(17(20,8-11)10-16)15(19)12-4-2-1-3-5-12/h1-5,11,13-15,20H,6-10,19H2/p+1/t11-,13?,14+,15-,16-,17-/m0/s1. The van der Waals surface area contributed by atoms with Crippen molar-refractivity contribution in [3.63, 3.8) is 0 Å². The maximum absolute atomic E-state index is 11.2. The molecule has 3 heteroatoms. The van der Waals surface area contributed by atoms with Crippen molar-refractivity contribution < 1.29 is 10.8 Å². The van der Waals surface area contributed by atoms with Crippen LogP contribution in [-0.4, -0.2) is 15.6 Å². The number of halogens is 1. The number of benzene rings is 1. The summed E-state index contributed by atoms with van der Waals surface area (Å²) in [4.78, 5) is -0.131. The average molecular weight is 293 g/mol. The number of hydrogen-bond acceptors (Lipinski definition) is 1. The van der Waals surface area contributed by atoms with Gasteiger partial charge < -0.3 is 10.8 Å². The highest BCUT2D eigenvalue weighted by Crippen LogP contribution is 2.64. The first-order valence-electron chi connectivity index (χ1n) is 7.78. The van der Waals surface area contributed by atoms with Gasteiger partial charge in [-0.05, 0) is 43.9 Å². The smallest absolute Gasteiger partial charge is 0.116 e. The fourth-order valence-corrected chi connectivity index (χ4v) is 6.31. The minimum Gasteiger partial charge on any atom is -0.389 e. The van der Waals surface area contributed by atoms with E-state index in [0.717, 1.165) is 25.7 Å². The van der Waals surface area contributed by atoms with Gasteiger partial charge in [-0.3, -0.25) is 0 Å². The number of alkyl halides is 1. The number of aliphatic hydroxyl groups is 1. The molecule has 0 spiro atoms. The van der Waals surface area contributed by atoms with Crippen molar-refractivity contribution in [1.82, 2.24) is 0 Å². The molecule has 2 nitrogen and oxygen atoms in total. The van der Waals surface area contributed by atoms with Crippen LogP contribution in [-0.2, 0) is 0 Å². The Bertz CT molecular complexity index is 521. The Morgan fingerprint density at radius 2 is 1.95 bits per heavy atom. The zero-order valence-corrected chi connectivity index (χ0v) is 12.5. The maximum Gasteiger partial charge on any atom is 0.116 e. The SMILES string of the molecule is [NH3+][C@@H](c1ccccc1)[C@H]1C2C[C@H]3C[C@](Cl)(C2)C[C@@]1(O)C3. The summed E-state index contributed by atoms with van der Waals surface area (Å²) >= 11 is 6.76. The van der Waals surface area contributed by atoms with E-state index in [2.05, 4.69) is 30.0 Å². The topological polar surface area (TPSA) is 47.9 Å². The van der Waals surface area contributed by atoms with Crippen LogP contribution in [0.15, 0.2) is 30.3 Å².